The van der Waals surface area contributed by atoms with Crippen LogP contribution in [0.15, 0.2) is 18.3 Å². The van der Waals surface area contributed by atoms with Gasteiger partial charge in [0.25, 0.3) is 0 Å². The molecule has 0 fully saturated rings. The third kappa shape index (κ3) is 3.94. The molecule has 0 saturated heterocycles. The van der Waals surface area contributed by atoms with Crippen LogP contribution in [0.4, 0.5) is 13.2 Å². The van der Waals surface area contributed by atoms with Crippen LogP contribution in [0.5, 0.6) is 0 Å². The van der Waals surface area contributed by atoms with E-state index in [1.807, 2.05) is 22.6 Å². The maximum absolute atomic E-state index is 12.7. The molecule has 0 saturated carbocycles. The van der Waals surface area contributed by atoms with Gasteiger partial charge in [-0.2, -0.15) is 18.3 Å². The van der Waals surface area contributed by atoms with Crippen LogP contribution >= 0.6 is 45.8 Å². The lowest BCUT2D eigenvalue weighted by atomic mass is 10.2. The summed E-state index contributed by atoms with van der Waals surface area (Å²) in [5, 5.41) is 3.60. The van der Waals surface area contributed by atoms with Gasteiger partial charge in [-0.25, -0.2) is 8.89 Å². The predicted octanol–water partition coefficient (Wildman–Crippen LogP) is 4.52. The van der Waals surface area contributed by atoms with Gasteiger partial charge >= 0.3 is 6.18 Å². The number of nitrogens with zero attached hydrogens (tertiary/aromatic N) is 2. The second-order valence-electron chi connectivity index (χ2n) is 4.14. The summed E-state index contributed by atoms with van der Waals surface area (Å²) in [6.07, 6.45) is -3.17. The molecule has 0 amide bonds. The molecule has 22 heavy (non-hydrogen) atoms. The summed E-state index contributed by atoms with van der Waals surface area (Å²) in [6, 6.07) is 1.50. The number of aromatic nitrogens is 2. The molecule has 0 aliphatic rings. The van der Waals surface area contributed by atoms with Crippen LogP contribution in [0.3, 0.4) is 0 Å². The molecule has 1 N–H and O–H groups in total. The van der Waals surface area contributed by atoms with Crippen molar-refractivity contribution in [2.24, 2.45) is 0 Å². The summed E-state index contributed by atoms with van der Waals surface area (Å²) in [5.74, 6) is -0.159. The van der Waals surface area contributed by atoms with Gasteiger partial charge < -0.3 is 4.55 Å². The van der Waals surface area contributed by atoms with Gasteiger partial charge in [-0.05, 0) is 34.7 Å². The largest absolute Gasteiger partial charge is 0.416 e. The standard InChI is InChI=1S/C11H6Cl2F3IN2O2S/c12-7-1-6(11(14,15)16)2-8(13)9(7)19-3-5(4-22(20)21)10(17)18-19/h1-3H,4H2,(H,20,21). The number of hydrogen-bond donors (Lipinski definition) is 1. The van der Waals surface area contributed by atoms with Crippen molar-refractivity contribution in [3.05, 3.63) is 43.2 Å². The minimum absolute atomic E-state index is 0.0734. The Hall–Kier alpha value is -0.360. The molecule has 1 atom stereocenters. The van der Waals surface area contributed by atoms with Crippen LogP contribution in [0.1, 0.15) is 11.1 Å². The van der Waals surface area contributed by atoms with Crippen molar-refractivity contribution in [1.29, 1.82) is 0 Å². The number of halogens is 6. The van der Waals surface area contributed by atoms with E-state index < -0.39 is 22.8 Å². The van der Waals surface area contributed by atoms with Crippen molar-refractivity contribution >= 4 is 56.9 Å². The van der Waals surface area contributed by atoms with Gasteiger partial charge in [0.15, 0.2) is 11.1 Å². The van der Waals surface area contributed by atoms with Crippen LogP contribution in [0, 0.1) is 3.70 Å². The van der Waals surface area contributed by atoms with Crippen molar-refractivity contribution in [1.82, 2.24) is 9.78 Å². The maximum Gasteiger partial charge on any atom is 0.416 e. The Morgan fingerprint density at radius 2 is 1.86 bits per heavy atom. The SMILES string of the molecule is O=S(O)Cc1cn(-c2c(Cl)cc(C(F)(F)F)cc2Cl)nc1I. The average Bonchev–Trinajstić information content (AvgIpc) is 2.67. The van der Waals surface area contributed by atoms with Crippen LogP contribution in [-0.4, -0.2) is 18.5 Å². The molecule has 1 aromatic heterocycles. The highest BCUT2D eigenvalue weighted by atomic mass is 127. The first kappa shape index (κ1) is 18.0. The van der Waals surface area contributed by atoms with Crippen LogP contribution < -0.4 is 0 Å². The maximum atomic E-state index is 12.7. The zero-order chi connectivity index (χ0) is 16.7. The van der Waals surface area contributed by atoms with Gasteiger partial charge in [-0.3, -0.25) is 0 Å². The third-order valence-electron chi connectivity index (χ3n) is 2.59. The van der Waals surface area contributed by atoms with E-state index in [0.29, 0.717) is 9.26 Å². The normalized spacial score (nSPS) is 13.4. The molecular formula is C11H6Cl2F3IN2O2S. The fourth-order valence-electron chi connectivity index (χ4n) is 1.68. The average molecular weight is 485 g/mol. The fraction of sp³-hybridized carbons (Fsp3) is 0.182. The van der Waals surface area contributed by atoms with Crippen LogP contribution in [0.2, 0.25) is 10.0 Å². The van der Waals surface area contributed by atoms with Gasteiger partial charge in [0.1, 0.15) is 9.39 Å². The van der Waals surface area contributed by atoms with E-state index in [0.717, 1.165) is 12.1 Å². The Bertz CT molecular complexity index is 728. The van der Waals surface area contributed by atoms with Gasteiger partial charge in [-0.1, -0.05) is 23.2 Å². The molecular weight excluding hydrogens is 479 g/mol. The molecule has 120 valence electrons. The Labute approximate surface area is 149 Å². The monoisotopic (exact) mass is 484 g/mol. The summed E-state index contributed by atoms with van der Waals surface area (Å²) < 4.78 is 59.4. The number of rotatable bonds is 3. The molecule has 1 heterocycles. The highest BCUT2D eigenvalue weighted by Gasteiger charge is 2.32. The molecule has 1 unspecified atom stereocenters. The smallest absolute Gasteiger partial charge is 0.306 e. The Morgan fingerprint density at radius 3 is 2.32 bits per heavy atom. The summed E-state index contributed by atoms with van der Waals surface area (Å²) in [6.45, 7) is 0. The summed E-state index contributed by atoms with van der Waals surface area (Å²) in [4.78, 5) is 0. The van der Waals surface area contributed by atoms with Crippen LogP contribution in [0.25, 0.3) is 5.69 Å². The lowest BCUT2D eigenvalue weighted by Crippen LogP contribution is -2.07. The van der Waals surface area contributed by atoms with E-state index in [1.54, 1.807) is 0 Å². The van der Waals surface area contributed by atoms with E-state index in [9.17, 15) is 17.4 Å². The molecule has 0 radical (unpaired) electrons. The Balaban J connectivity index is 2.52. The van der Waals surface area contributed by atoms with E-state index in [2.05, 4.69) is 5.10 Å². The molecule has 0 aliphatic heterocycles. The Kier molecular flexibility index (Phi) is 5.42. The van der Waals surface area contributed by atoms with Crippen LogP contribution in [-0.2, 0) is 23.0 Å². The summed E-state index contributed by atoms with van der Waals surface area (Å²) >= 11 is 11.5. The number of hydrogen-bond acceptors (Lipinski definition) is 2. The van der Waals surface area contributed by atoms with E-state index >= 15 is 0 Å². The molecule has 4 nitrogen and oxygen atoms in total. The quantitative estimate of drug-likeness (QED) is 0.514. The molecule has 0 bridgehead atoms. The van der Waals surface area contributed by atoms with Crippen molar-refractivity contribution in [3.63, 3.8) is 0 Å². The topological polar surface area (TPSA) is 55.1 Å². The van der Waals surface area contributed by atoms with Crippen molar-refractivity contribution in [2.45, 2.75) is 11.9 Å². The molecule has 2 aromatic rings. The van der Waals surface area contributed by atoms with Gasteiger partial charge in [0.05, 0.1) is 21.4 Å². The molecule has 0 aliphatic carbocycles. The molecule has 1 aromatic carbocycles. The van der Waals surface area contributed by atoms with Gasteiger partial charge in [0.2, 0.25) is 0 Å². The summed E-state index contributed by atoms with van der Waals surface area (Å²) in [5.41, 5.74) is -0.442. The lowest BCUT2D eigenvalue weighted by Gasteiger charge is -2.12. The first-order valence-corrected chi connectivity index (χ1v) is 8.58. The van der Waals surface area contributed by atoms with E-state index in [1.165, 1.54) is 10.9 Å². The highest BCUT2D eigenvalue weighted by molar-refractivity contribution is 14.1. The van der Waals surface area contributed by atoms with Crippen molar-refractivity contribution in [2.75, 3.05) is 0 Å². The molecule has 0 spiro atoms. The fourth-order valence-corrected chi connectivity index (χ4v) is 3.64. The zero-order valence-electron chi connectivity index (χ0n) is 10.4. The Morgan fingerprint density at radius 1 is 1.32 bits per heavy atom. The molecule has 11 heteroatoms. The van der Waals surface area contributed by atoms with Gasteiger partial charge in [0, 0.05) is 11.8 Å². The van der Waals surface area contributed by atoms with E-state index in [4.69, 9.17) is 27.8 Å². The number of benzene rings is 1. The first-order chi connectivity index (χ1) is 10.1. The van der Waals surface area contributed by atoms with E-state index in [-0.39, 0.29) is 21.5 Å². The zero-order valence-corrected chi connectivity index (χ0v) is 14.9. The minimum atomic E-state index is -4.57. The van der Waals surface area contributed by atoms with Crippen molar-refractivity contribution in [3.8, 4) is 5.69 Å². The minimum Gasteiger partial charge on any atom is -0.306 e. The second kappa shape index (κ2) is 6.63. The second-order valence-corrected chi connectivity index (χ2v) is 6.91. The van der Waals surface area contributed by atoms with Crippen molar-refractivity contribution < 1.29 is 21.9 Å². The predicted molar refractivity (Wildman–Crippen MR) is 85.8 cm³/mol. The lowest BCUT2D eigenvalue weighted by molar-refractivity contribution is -0.137. The first-order valence-electron chi connectivity index (χ1n) is 5.47. The third-order valence-corrected chi connectivity index (χ3v) is 4.63. The number of alkyl halides is 3. The molecule has 2 rings (SSSR count). The summed E-state index contributed by atoms with van der Waals surface area (Å²) in [7, 11) is 0. The van der Waals surface area contributed by atoms with Gasteiger partial charge in [-0.15, -0.1) is 0 Å². The highest BCUT2D eigenvalue weighted by Crippen LogP contribution is 2.37.